The van der Waals surface area contributed by atoms with E-state index < -0.39 is 17.5 Å². The van der Waals surface area contributed by atoms with Crippen LogP contribution in [0.5, 0.6) is 0 Å². The SMILES string of the molecule is Cc1ccncc1-c1cc2cc(NC(=O)[C@H]3C(C)[C@@H]3CO)ncc2c(NC(=O)OC(C)(C)C)c1F. The Hall–Kier alpha value is -3.59. The van der Waals surface area contributed by atoms with Gasteiger partial charge in [0, 0.05) is 47.6 Å². The molecule has 3 aromatic rings. The predicted molar refractivity (Wildman–Crippen MR) is 131 cm³/mol. The van der Waals surface area contributed by atoms with E-state index in [-0.39, 0.29) is 41.5 Å². The fraction of sp³-hybridized carbons (Fsp3) is 0.385. The van der Waals surface area contributed by atoms with Crippen molar-refractivity contribution in [2.24, 2.45) is 17.8 Å². The highest BCUT2D eigenvalue weighted by molar-refractivity contribution is 6.04. The van der Waals surface area contributed by atoms with Gasteiger partial charge >= 0.3 is 6.09 Å². The van der Waals surface area contributed by atoms with E-state index in [0.717, 1.165) is 5.56 Å². The van der Waals surface area contributed by atoms with Gasteiger partial charge < -0.3 is 15.2 Å². The average molecular weight is 481 g/mol. The molecule has 3 atom stereocenters. The molecule has 8 nitrogen and oxygen atoms in total. The van der Waals surface area contributed by atoms with Crippen LogP contribution in [0, 0.1) is 30.5 Å². The number of aromatic nitrogens is 2. The van der Waals surface area contributed by atoms with Crippen molar-refractivity contribution in [1.82, 2.24) is 9.97 Å². The van der Waals surface area contributed by atoms with Gasteiger partial charge in [0.25, 0.3) is 0 Å². The zero-order valence-electron chi connectivity index (χ0n) is 20.3. The summed E-state index contributed by atoms with van der Waals surface area (Å²) in [5, 5.41) is 15.6. The van der Waals surface area contributed by atoms with E-state index in [0.29, 0.717) is 22.2 Å². The van der Waals surface area contributed by atoms with E-state index in [1.165, 1.54) is 6.20 Å². The summed E-state index contributed by atoms with van der Waals surface area (Å²) in [6.07, 6.45) is 3.78. The molecule has 1 aliphatic carbocycles. The van der Waals surface area contributed by atoms with Gasteiger partial charge in [-0.25, -0.2) is 14.2 Å². The molecule has 2 amide bonds. The van der Waals surface area contributed by atoms with Gasteiger partial charge in [0.2, 0.25) is 5.91 Å². The number of carbonyl (C=O) groups is 2. The molecule has 3 N–H and O–H groups in total. The number of aliphatic hydroxyl groups excluding tert-OH is 1. The summed E-state index contributed by atoms with van der Waals surface area (Å²) in [6, 6.07) is 5.04. The lowest BCUT2D eigenvalue weighted by atomic mass is 9.98. The van der Waals surface area contributed by atoms with Crippen LogP contribution in [0.3, 0.4) is 0 Å². The summed E-state index contributed by atoms with van der Waals surface area (Å²) in [5.41, 5.74) is 0.780. The number of aryl methyl sites for hydroxylation is 1. The summed E-state index contributed by atoms with van der Waals surface area (Å²) in [4.78, 5) is 33.5. The third-order valence-electron chi connectivity index (χ3n) is 6.24. The Balaban J connectivity index is 1.77. The smallest absolute Gasteiger partial charge is 0.412 e. The number of nitrogens with one attached hydrogen (secondary N) is 2. The van der Waals surface area contributed by atoms with Gasteiger partial charge in [-0.3, -0.25) is 15.1 Å². The van der Waals surface area contributed by atoms with E-state index in [2.05, 4.69) is 20.6 Å². The largest absolute Gasteiger partial charge is 0.444 e. The minimum atomic E-state index is -0.798. The summed E-state index contributed by atoms with van der Waals surface area (Å²) in [5.74, 6) is -0.809. The van der Waals surface area contributed by atoms with Crippen LogP contribution in [-0.2, 0) is 9.53 Å². The minimum Gasteiger partial charge on any atom is -0.444 e. The number of nitrogens with zero attached hydrogens (tertiary/aromatic N) is 2. The van der Waals surface area contributed by atoms with Crippen LogP contribution in [0.15, 0.2) is 36.8 Å². The first kappa shape index (κ1) is 24.5. The van der Waals surface area contributed by atoms with Crippen molar-refractivity contribution in [3.63, 3.8) is 0 Å². The molecule has 0 bridgehead atoms. The zero-order chi connectivity index (χ0) is 25.5. The Bertz CT molecular complexity index is 1300. The lowest BCUT2D eigenvalue weighted by molar-refractivity contribution is -0.118. The molecule has 35 heavy (non-hydrogen) atoms. The van der Waals surface area contributed by atoms with E-state index in [9.17, 15) is 14.7 Å². The number of amides is 2. The van der Waals surface area contributed by atoms with Gasteiger partial charge in [-0.15, -0.1) is 0 Å². The van der Waals surface area contributed by atoms with Crippen LogP contribution in [0.2, 0.25) is 0 Å². The topological polar surface area (TPSA) is 113 Å². The van der Waals surface area contributed by atoms with E-state index in [1.807, 2.05) is 13.8 Å². The molecule has 184 valence electrons. The molecule has 0 saturated heterocycles. The van der Waals surface area contributed by atoms with Crippen molar-refractivity contribution in [3.05, 3.63) is 48.2 Å². The highest BCUT2D eigenvalue weighted by Crippen LogP contribution is 2.46. The van der Waals surface area contributed by atoms with Crippen molar-refractivity contribution in [2.45, 2.75) is 40.2 Å². The number of rotatable bonds is 5. The Morgan fingerprint density at radius 3 is 2.54 bits per heavy atom. The molecule has 1 aliphatic rings. The lowest BCUT2D eigenvalue weighted by Gasteiger charge is -2.21. The molecule has 1 aromatic carbocycles. The molecule has 2 aromatic heterocycles. The van der Waals surface area contributed by atoms with Crippen molar-refractivity contribution in [1.29, 1.82) is 0 Å². The summed E-state index contributed by atoms with van der Waals surface area (Å²) in [7, 11) is 0. The van der Waals surface area contributed by atoms with Gasteiger partial charge in [-0.1, -0.05) is 6.92 Å². The molecular weight excluding hydrogens is 451 g/mol. The molecule has 0 radical (unpaired) electrons. The van der Waals surface area contributed by atoms with Crippen molar-refractivity contribution < 1.29 is 23.8 Å². The fourth-order valence-electron chi connectivity index (χ4n) is 4.28. The maximum Gasteiger partial charge on any atom is 0.412 e. The van der Waals surface area contributed by atoms with Gasteiger partial charge in [0.15, 0.2) is 5.82 Å². The number of hydrogen-bond donors (Lipinski definition) is 3. The third-order valence-corrected chi connectivity index (χ3v) is 6.24. The highest BCUT2D eigenvalue weighted by Gasteiger charge is 2.51. The summed E-state index contributed by atoms with van der Waals surface area (Å²) >= 11 is 0. The number of carbonyl (C=O) groups excluding carboxylic acids is 2. The van der Waals surface area contributed by atoms with Gasteiger partial charge in [-0.2, -0.15) is 0 Å². The molecule has 2 heterocycles. The Morgan fingerprint density at radius 1 is 1.17 bits per heavy atom. The first-order chi connectivity index (χ1) is 16.5. The van der Waals surface area contributed by atoms with Gasteiger partial charge in [0.05, 0.1) is 5.69 Å². The van der Waals surface area contributed by atoms with Crippen LogP contribution >= 0.6 is 0 Å². The van der Waals surface area contributed by atoms with E-state index >= 15 is 4.39 Å². The standard InChI is InChI=1S/C26H29FN4O4/c1-13-6-7-28-10-17(13)16-8-15-9-20(30-24(33)21-14(2)19(21)12-32)29-11-18(15)23(22(16)27)31-25(34)35-26(3,4)5/h6-11,14,19,21,32H,12H2,1-5H3,(H,31,34)(H,29,30,33)/t14?,19-,21-/m0/s1. The van der Waals surface area contributed by atoms with Crippen LogP contribution in [0.25, 0.3) is 21.9 Å². The van der Waals surface area contributed by atoms with E-state index in [1.54, 1.807) is 51.4 Å². The number of ether oxygens (including phenoxy) is 1. The lowest BCUT2D eigenvalue weighted by Crippen LogP contribution is -2.27. The molecule has 1 fully saturated rings. The fourth-order valence-corrected chi connectivity index (χ4v) is 4.28. The molecule has 0 spiro atoms. The molecule has 0 aliphatic heterocycles. The molecular formula is C26H29FN4O4. The second kappa shape index (κ2) is 9.22. The Kier molecular flexibility index (Phi) is 6.46. The van der Waals surface area contributed by atoms with Crippen molar-refractivity contribution in [3.8, 4) is 11.1 Å². The number of fused-ring (bicyclic) bond motifs is 1. The summed E-state index contributed by atoms with van der Waals surface area (Å²) in [6.45, 7) is 8.86. The van der Waals surface area contributed by atoms with Crippen LogP contribution in [0.4, 0.5) is 20.7 Å². The second-order valence-electron chi connectivity index (χ2n) is 9.94. The van der Waals surface area contributed by atoms with Crippen LogP contribution in [0.1, 0.15) is 33.3 Å². The van der Waals surface area contributed by atoms with E-state index in [4.69, 9.17) is 4.74 Å². The number of halogens is 1. The number of aliphatic hydroxyl groups is 1. The average Bonchev–Trinajstić information content (AvgIpc) is 3.44. The Morgan fingerprint density at radius 2 is 1.91 bits per heavy atom. The second-order valence-corrected chi connectivity index (χ2v) is 9.94. The maximum absolute atomic E-state index is 15.8. The summed E-state index contributed by atoms with van der Waals surface area (Å²) < 4.78 is 21.1. The minimum absolute atomic E-state index is 0.0444. The molecule has 9 heteroatoms. The number of anilines is 2. The van der Waals surface area contributed by atoms with Crippen molar-refractivity contribution in [2.75, 3.05) is 17.2 Å². The number of benzene rings is 1. The number of hydrogen-bond acceptors (Lipinski definition) is 6. The van der Waals surface area contributed by atoms with Gasteiger partial charge in [0.1, 0.15) is 11.4 Å². The first-order valence-electron chi connectivity index (χ1n) is 11.4. The molecule has 4 rings (SSSR count). The van der Waals surface area contributed by atoms with Crippen LogP contribution < -0.4 is 10.6 Å². The molecule has 1 saturated carbocycles. The monoisotopic (exact) mass is 480 g/mol. The third kappa shape index (κ3) is 5.09. The zero-order valence-corrected chi connectivity index (χ0v) is 20.3. The quantitative estimate of drug-likeness (QED) is 0.479. The maximum atomic E-state index is 15.8. The molecule has 1 unspecified atom stereocenters. The Labute approximate surface area is 202 Å². The number of pyridine rings is 2. The highest BCUT2D eigenvalue weighted by atomic mass is 19.1. The first-order valence-corrected chi connectivity index (χ1v) is 11.4. The predicted octanol–water partition coefficient (Wildman–Crippen LogP) is 4.90. The van der Waals surface area contributed by atoms with Crippen molar-refractivity contribution >= 4 is 34.3 Å². The van der Waals surface area contributed by atoms with Gasteiger partial charge in [-0.05, 0) is 68.7 Å². The normalized spacial score (nSPS) is 19.3. The van der Waals surface area contributed by atoms with Crippen LogP contribution in [-0.4, -0.2) is 39.3 Å².